The van der Waals surface area contributed by atoms with Crippen LogP contribution in [-0.2, 0) is 9.59 Å². The number of hydrogen-bond acceptors (Lipinski definition) is 2. The van der Waals surface area contributed by atoms with Crippen LogP contribution < -0.4 is 5.32 Å². The minimum Gasteiger partial charge on any atom is -0.481 e. The van der Waals surface area contributed by atoms with Gasteiger partial charge < -0.3 is 10.4 Å². The number of carboxylic acid groups (broad SMARTS) is 1. The summed E-state index contributed by atoms with van der Waals surface area (Å²) in [7, 11) is 0. The van der Waals surface area contributed by atoms with E-state index in [1.807, 2.05) is 13.8 Å². The molecule has 86 valence electrons. The average Bonchev–Trinajstić information content (AvgIpc) is 2.12. The SMILES string of the molecule is C=CCCC(=O)N[C@H](CC(=O)O)C(C)C. The maximum absolute atomic E-state index is 11.3. The first-order valence-corrected chi connectivity index (χ1v) is 5.09. The lowest BCUT2D eigenvalue weighted by molar-refractivity contribution is -0.138. The van der Waals surface area contributed by atoms with Crippen molar-refractivity contribution in [1.82, 2.24) is 5.32 Å². The molecule has 0 aromatic rings. The van der Waals surface area contributed by atoms with Crippen molar-refractivity contribution in [3.05, 3.63) is 12.7 Å². The van der Waals surface area contributed by atoms with E-state index in [4.69, 9.17) is 5.11 Å². The molecule has 15 heavy (non-hydrogen) atoms. The van der Waals surface area contributed by atoms with Crippen molar-refractivity contribution >= 4 is 11.9 Å². The quantitative estimate of drug-likeness (QED) is 0.631. The third-order valence-electron chi connectivity index (χ3n) is 2.12. The van der Waals surface area contributed by atoms with Crippen molar-refractivity contribution in [2.75, 3.05) is 0 Å². The highest BCUT2D eigenvalue weighted by atomic mass is 16.4. The predicted octanol–water partition coefficient (Wildman–Crippen LogP) is 1.57. The zero-order chi connectivity index (χ0) is 11.8. The van der Waals surface area contributed by atoms with Crippen LogP contribution in [0, 0.1) is 5.92 Å². The first-order valence-electron chi connectivity index (χ1n) is 5.09. The van der Waals surface area contributed by atoms with E-state index in [1.54, 1.807) is 6.08 Å². The molecule has 2 N–H and O–H groups in total. The Morgan fingerprint density at radius 3 is 2.47 bits per heavy atom. The molecule has 4 nitrogen and oxygen atoms in total. The maximum atomic E-state index is 11.3. The number of carbonyl (C=O) groups excluding carboxylic acids is 1. The van der Waals surface area contributed by atoms with Crippen molar-refractivity contribution < 1.29 is 14.7 Å². The maximum Gasteiger partial charge on any atom is 0.305 e. The molecular weight excluding hydrogens is 194 g/mol. The van der Waals surface area contributed by atoms with E-state index < -0.39 is 5.97 Å². The molecule has 0 heterocycles. The van der Waals surface area contributed by atoms with Crippen molar-refractivity contribution in [3.63, 3.8) is 0 Å². The Morgan fingerprint density at radius 2 is 2.07 bits per heavy atom. The highest BCUT2D eigenvalue weighted by Crippen LogP contribution is 2.06. The van der Waals surface area contributed by atoms with Crippen LogP contribution in [0.25, 0.3) is 0 Å². The molecule has 0 aromatic heterocycles. The fraction of sp³-hybridized carbons (Fsp3) is 0.636. The summed E-state index contributed by atoms with van der Waals surface area (Å²) in [6, 6.07) is -0.292. The molecule has 0 bridgehead atoms. The Balaban J connectivity index is 4.09. The molecule has 0 saturated carbocycles. The number of nitrogens with one attached hydrogen (secondary N) is 1. The number of allylic oxidation sites excluding steroid dienone is 1. The first-order chi connectivity index (χ1) is 6.97. The monoisotopic (exact) mass is 213 g/mol. The summed E-state index contributed by atoms with van der Waals surface area (Å²) in [6.07, 6.45) is 2.62. The number of hydrogen-bond donors (Lipinski definition) is 2. The number of rotatable bonds is 7. The van der Waals surface area contributed by atoms with Gasteiger partial charge in [0.05, 0.1) is 6.42 Å². The summed E-state index contributed by atoms with van der Waals surface area (Å²) in [5.74, 6) is -0.888. The van der Waals surface area contributed by atoms with E-state index in [9.17, 15) is 9.59 Å². The zero-order valence-corrected chi connectivity index (χ0v) is 9.32. The largest absolute Gasteiger partial charge is 0.481 e. The number of carboxylic acids is 1. The van der Waals surface area contributed by atoms with Crippen molar-refractivity contribution in [2.24, 2.45) is 5.92 Å². The van der Waals surface area contributed by atoms with Gasteiger partial charge in [-0.05, 0) is 12.3 Å². The fourth-order valence-electron chi connectivity index (χ4n) is 1.15. The number of carbonyl (C=O) groups is 2. The minimum atomic E-state index is -0.891. The molecule has 0 aliphatic rings. The van der Waals surface area contributed by atoms with Crippen LogP contribution in [0.3, 0.4) is 0 Å². The minimum absolute atomic E-state index is 0.0303. The molecule has 0 rings (SSSR count). The van der Waals surface area contributed by atoms with E-state index in [0.29, 0.717) is 12.8 Å². The molecule has 0 aliphatic heterocycles. The summed E-state index contributed by atoms with van der Waals surface area (Å²) in [5, 5.41) is 11.4. The number of amides is 1. The van der Waals surface area contributed by atoms with Gasteiger partial charge in [-0.25, -0.2) is 0 Å². The summed E-state index contributed by atoms with van der Waals surface area (Å²) in [5.41, 5.74) is 0. The zero-order valence-electron chi connectivity index (χ0n) is 9.32. The summed E-state index contributed by atoms with van der Waals surface area (Å²) in [6.45, 7) is 7.30. The Hall–Kier alpha value is -1.32. The van der Waals surface area contributed by atoms with E-state index in [1.165, 1.54) is 0 Å². The van der Waals surface area contributed by atoms with Crippen LogP contribution in [-0.4, -0.2) is 23.0 Å². The summed E-state index contributed by atoms with van der Waals surface area (Å²) in [4.78, 5) is 21.9. The third-order valence-corrected chi connectivity index (χ3v) is 2.12. The Bertz CT molecular complexity index is 236. The molecule has 1 atom stereocenters. The summed E-state index contributed by atoms with van der Waals surface area (Å²) < 4.78 is 0. The van der Waals surface area contributed by atoms with Gasteiger partial charge >= 0.3 is 5.97 Å². The lowest BCUT2D eigenvalue weighted by Gasteiger charge is -2.20. The highest BCUT2D eigenvalue weighted by molar-refractivity contribution is 5.77. The van der Waals surface area contributed by atoms with Gasteiger partial charge in [0.2, 0.25) is 5.91 Å². The van der Waals surface area contributed by atoms with Gasteiger partial charge in [-0.3, -0.25) is 9.59 Å². The fourth-order valence-corrected chi connectivity index (χ4v) is 1.15. The standard InChI is InChI=1S/C11H19NO3/c1-4-5-6-10(13)12-9(8(2)3)7-11(14)15/h4,8-9H,1,5-7H2,2-3H3,(H,12,13)(H,14,15)/t9-/m1/s1. The van der Waals surface area contributed by atoms with Gasteiger partial charge in [0.15, 0.2) is 0 Å². The topological polar surface area (TPSA) is 66.4 Å². The van der Waals surface area contributed by atoms with Crippen LogP contribution in [0.15, 0.2) is 12.7 Å². The molecule has 0 fully saturated rings. The molecule has 0 radical (unpaired) electrons. The molecular formula is C11H19NO3. The van der Waals surface area contributed by atoms with Gasteiger partial charge in [-0.2, -0.15) is 0 Å². The van der Waals surface area contributed by atoms with E-state index in [-0.39, 0.29) is 24.3 Å². The second kappa shape index (κ2) is 7.04. The van der Waals surface area contributed by atoms with E-state index >= 15 is 0 Å². The second-order valence-electron chi connectivity index (χ2n) is 3.84. The smallest absolute Gasteiger partial charge is 0.305 e. The lowest BCUT2D eigenvalue weighted by atomic mass is 10.0. The Morgan fingerprint density at radius 1 is 1.47 bits per heavy atom. The van der Waals surface area contributed by atoms with Crippen molar-refractivity contribution in [1.29, 1.82) is 0 Å². The van der Waals surface area contributed by atoms with Gasteiger partial charge in [0.25, 0.3) is 0 Å². The van der Waals surface area contributed by atoms with Gasteiger partial charge in [-0.1, -0.05) is 19.9 Å². The molecule has 1 amide bonds. The molecule has 0 aliphatic carbocycles. The Kier molecular flexibility index (Phi) is 6.42. The molecule has 4 heteroatoms. The van der Waals surface area contributed by atoms with E-state index in [2.05, 4.69) is 11.9 Å². The van der Waals surface area contributed by atoms with Crippen molar-refractivity contribution in [2.45, 2.75) is 39.2 Å². The van der Waals surface area contributed by atoms with Gasteiger partial charge in [0.1, 0.15) is 0 Å². The second-order valence-corrected chi connectivity index (χ2v) is 3.84. The number of aliphatic carboxylic acids is 1. The molecule has 0 spiro atoms. The third kappa shape index (κ3) is 6.71. The normalized spacial score (nSPS) is 12.2. The summed E-state index contributed by atoms with van der Waals surface area (Å²) >= 11 is 0. The Labute approximate surface area is 90.4 Å². The van der Waals surface area contributed by atoms with Crippen LogP contribution in [0.5, 0.6) is 0 Å². The predicted molar refractivity (Wildman–Crippen MR) is 58.5 cm³/mol. The molecule has 0 saturated heterocycles. The van der Waals surface area contributed by atoms with Gasteiger partial charge in [-0.15, -0.1) is 6.58 Å². The molecule has 0 unspecified atom stereocenters. The molecule has 0 aromatic carbocycles. The van der Waals surface area contributed by atoms with Crippen LogP contribution in [0.4, 0.5) is 0 Å². The highest BCUT2D eigenvalue weighted by Gasteiger charge is 2.18. The van der Waals surface area contributed by atoms with Crippen molar-refractivity contribution in [3.8, 4) is 0 Å². The van der Waals surface area contributed by atoms with E-state index in [0.717, 1.165) is 0 Å². The lowest BCUT2D eigenvalue weighted by Crippen LogP contribution is -2.39. The average molecular weight is 213 g/mol. The van der Waals surface area contributed by atoms with Crippen LogP contribution in [0.1, 0.15) is 33.1 Å². The van der Waals surface area contributed by atoms with Crippen LogP contribution >= 0.6 is 0 Å². The van der Waals surface area contributed by atoms with Crippen LogP contribution in [0.2, 0.25) is 0 Å². The first kappa shape index (κ1) is 13.7. The van der Waals surface area contributed by atoms with Gasteiger partial charge in [0, 0.05) is 12.5 Å².